The summed E-state index contributed by atoms with van der Waals surface area (Å²) in [5.41, 5.74) is 1.96. The largest absolute Gasteiger partial charge is 0.454 e. The van der Waals surface area contributed by atoms with Crippen LogP contribution in [0.1, 0.15) is 16.9 Å². The van der Waals surface area contributed by atoms with Gasteiger partial charge in [-0.05, 0) is 49.2 Å². The highest BCUT2D eigenvalue weighted by molar-refractivity contribution is 7.16. The molecule has 1 amide bonds. The summed E-state index contributed by atoms with van der Waals surface area (Å²) in [7, 11) is 0. The Balaban J connectivity index is 1.40. The van der Waals surface area contributed by atoms with Crippen LogP contribution in [-0.4, -0.2) is 17.7 Å². The summed E-state index contributed by atoms with van der Waals surface area (Å²) >= 11 is 1.29. The summed E-state index contributed by atoms with van der Waals surface area (Å²) in [4.78, 5) is 17.4. The molecular formula is C20H16F2N2O3S. The van der Waals surface area contributed by atoms with E-state index in [1.54, 1.807) is 0 Å². The summed E-state index contributed by atoms with van der Waals surface area (Å²) in [6.45, 7) is 2.03. The molecule has 8 heteroatoms. The molecule has 0 saturated carbocycles. The average molecular weight is 402 g/mol. The maximum absolute atomic E-state index is 13.5. The molecule has 1 aliphatic rings. The van der Waals surface area contributed by atoms with Crippen LogP contribution in [0.4, 0.5) is 13.9 Å². The first-order valence-corrected chi connectivity index (χ1v) is 9.42. The summed E-state index contributed by atoms with van der Waals surface area (Å²) in [6, 6.07) is 9.22. The molecule has 0 bridgehead atoms. The minimum absolute atomic E-state index is 0.178. The van der Waals surface area contributed by atoms with Gasteiger partial charge in [-0.3, -0.25) is 4.79 Å². The van der Waals surface area contributed by atoms with Crippen molar-refractivity contribution in [2.75, 3.05) is 12.1 Å². The molecule has 0 aliphatic carbocycles. The Hall–Kier alpha value is -3.00. The first-order chi connectivity index (χ1) is 13.5. The van der Waals surface area contributed by atoms with Gasteiger partial charge in [0.15, 0.2) is 28.3 Å². The second-order valence-electron chi connectivity index (χ2n) is 6.29. The number of nitrogens with one attached hydrogen (secondary N) is 1. The summed E-state index contributed by atoms with van der Waals surface area (Å²) < 4.78 is 37.2. The Labute approximate surface area is 163 Å². The van der Waals surface area contributed by atoms with Gasteiger partial charge < -0.3 is 14.8 Å². The number of hydrogen-bond acceptors (Lipinski definition) is 5. The number of fused-ring (bicyclic) bond motifs is 1. The maximum Gasteiger partial charge on any atom is 0.231 e. The van der Waals surface area contributed by atoms with Crippen LogP contribution in [0.2, 0.25) is 0 Å². The highest BCUT2D eigenvalue weighted by atomic mass is 32.1. The predicted molar refractivity (Wildman–Crippen MR) is 102 cm³/mol. The van der Waals surface area contributed by atoms with Gasteiger partial charge in [-0.2, -0.15) is 0 Å². The van der Waals surface area contributed by atoms with E-state index in [4.69, 9.17) is 9.47 Å². The number of hydrogen-bond donors (Lipinski definition) is 1. The van der Waals surface area contributed by atoms with E-state index in [0.717, 1.165) is 22.6 Å². The first kappa shape index (κ1) is 18.4. The van der Waals surface area contributed by atoms with Crippen LogP contribution >= 0.6 is 11.3 Å². The molecule has 28 heavy (non-hydrogen) atoms. The van der Waals surface area contributed by atoms with Crippen LogP contribution < -0.4 is 14.8 Å². The summed E-state index contributed by atoms with van der Waals surface area (Å²) in [5, 5.41) is 3.19. The SMILES string of the molecule is Cc1sc(NC(=O)CCc2ccc3c(c2)OCO3)nc1-c1ccc(F)c(F)c1. The standard InChI is InChI=1S/C20H16F2N2O3S/c1-11-19(13-4-5-14(21)15(22)9-13)24-20(28-11)23-18(25)7-3-12-2-6-16-17(8-12)27-10-26-16/h2,4-6,8-9H,3,7,10H2,1H3,(H,23,24,25). The lowest BCUT2D eigenvalue weighted by atomic mass is 10.1. The van der Waals surface area contributed by atoms with Crippen LogP contribution in [0.5, 0.6) is 11.5 Å². The number of thiazole rings is 1. The number of aromatic nitrogens is 1. The molecule has 0 radical (unpaired) electrons. The molecule has 4 rings (SSSR count). The van der Waals surface area contributed by atoms with Crippen LogP contribution in [0, 0.1) is 18.6 Å². The number of carbonyl (C=O) groups excluding carboxylic acids is 1. The summed E-state index contributed by atoms with van der Waals surface area (Å²) in [6.07, 6.45) is 0.821. The minimum Gasteiger partial charge on any atom is -0.454 e. The smallest absolute Gasteiger partial charge is 0.231 e. The van der Waals surface area contributed by atoms with Crippen LogP contribution in [-0.2, 0) is 11.2 Å². The van der Waals surface area contributed by atoms with Gasteiger partial charge in [-0.25, -0.2) is 13.8 Å². The van der Waals surface area contributed by atoms with Crippen molar-refractivity contribution in [3.05, 3.63) is 58.5 Å². The Morgan fingerprint density at radius 1 is 1.14 bits per heavy atom. The molecule has 5 nitrogen and oxygen atoms in total. The molecule has 0 fully saturated rings. The summed E-state index contributed by atoms with van der Waals surface area (Å²) in [5.74, 6) is -0.628. The highest BCUT2D eigenvalue weighted by Crippen LogP contribution is 2.33. The normalized spacial score (nSPS) is 12.2. The molecule has 1 aromatic heterocycles. The number of aryl methyl sites for hydroxylation is 2. The van der Waals surface area contributed by atoms with Crippen LogP contribution in [0.3, 0.4) is 0 Å². The molecule has 144 valence electrons. The molecule has 3 aromatic rings. The number of benzene rings is 2. The van der Waals surface area contributed by atoms with Gasteiger partial charge in [0, 0.05) is 16.9 Å². The highest BCUT2D eigenvalue weighted by Gasteiger charge is 2.16. The van der Waals surface area contributed by atoms with Crippen molar-refractivity contribution >= 4 is 22.4 Å². The molecule has 1 N–H and O–H groups in total. The van der Waals surface area contributed by atoms with Gasteiger partial charge >= 0.3 is 0 Å². The Bertz CT molecular complexity index is 1050. The monoisotopic (exact) mass is 402 g/mol. The lowest BCUT2D eigenvalue weighted by molar-refractivity contribution is -0.116. The number of rotatable bonds is 5. The average Bonchev–Trinajstić information content (AvgIpc) is 3.28. The lowest BCUT2D eigenvalue weighted by Crippen LogP contribution is -2.12. The van der Waals surface area contributed by atoms with E-state index in [0.29, 0.717) is 34.3 Å². The minimum atomic E-state index is -0.931. The molecule has 1 aliphatic heterocycles. The van der Waals surface area contributed by atoms with Crippen molar-refractivity contribution in [3.63, 3.8) is 0 Å². The molecule has 0 saturated heterocycles. The van der Waals surface area contributed by atoms with Gasteiger partial charge in [0.25, 0.3) is 0 Å². The van der Waals surface area contributed by atoms with E-state index in [9.17, 15) is 13.6 Å². The lowest BCUT2D eigenvalue weighted by Gasteiger charge is -2.04. The predicted octanol–water partition coefficient (Wildman–Crippen LogP) is 4.70. The Morgan fingerprint density at radius 3 is 2.79 bits per heavy atom. The van der Waals surface area contributed by atoms with Crippen LogP contribution in [0.15, 0.2) is 36.4 Å². The third kappa shape index (κ3) is 3.82. The number of amides is 1. The van der Waals surface area contributed by atoms with E-state index in [-0.39, 0.29) is 19.1 Å². The van der Waals surface area contributed by atoms with Gasteiger partial charge in [-0.1, -0.05) is 6.07 Å². The fraction of sp³-hybridized carbons (Fsp3) is 0.200. The van der Waals surface area contributed by atoms with E-state index >= 15 is 0 Å². The van der Waals surface area contributed by atoms with E-state index in [1.165, 1.54) is 17.4 Å². The molecule has 0 unspecified atom stereocenters. The number of carbonyl (C=O) groups is 1. The number of nitrogens with zero attached hydrogens (tertiary/aromatic N) is 1. The van der Waals surface area contributed by atoms with Gasteiger partial charge in [0.05, 0.1) is 5.69 Å². The molecule has 0 spiro atoms. The van der Waals surface area contributed by atoms with E-state index in [2.05, 4.69) is 10.3 Å². The first-order valence-electron chi connectivity index (χ1n) is 8.61. The number of ether oxygens (including phenoxy) is 2. The van der Waals surface area contributed by atoms with Gasteiger partial charge in [0.2, 0.25) is 12.7 Å². The second-order valence-corrected chi connectivity index (χ2v) is 7.49. The van der Waals surface area contributed by atoms with E-state index < -0.39 is 11.6 Å². The number of anilines is 1. The third-order valence-corrected chi connectivity index (χ3v) is 5.20. The Morgan fingerprint density at radius 2 is 1.96 bits per heavy atom. The van der Waals surface area contributed by atoms with Crippen molar-refractivity contribution in [2.45, 2.75) is 19.8 Å². The molecule has 2 heterocycles. The molecule has 0 atom stereocenters. The van der Waals surface area contributed by atoms with E-state index in [1.807, 2.05) is 25.1 Å². The van der Waals surface area contributed by atoms with Crippen LogP contribution in [0.25, 0.3) is 11.3 Å². The van der Waals surface area contributed by atoms with Crippen molar-refractivity contribution < 1.29 is 23.0 Å². The third-order valence-electron chi connectivity index (χ3n) is 4.31. The molecule has 2 aromatic carbocycles. The van der Waals surface area contributed by atoms with Crippen molar-refractivity contribution in [2.24, 2.45) is 0 Å². The quantitative estimate of drug-likeness (QED) is 0.672. The fourth-order valence-electron chi connectivity index (χ4n) is 2.90. The Kier molecular flexibility index (Phi) is 4.95. The van der Waals surface area contributed by atoms with Crippen molar-refractivity contribution in [3.8, 4) is 22.8 Å². The zero-order valence-corrected chi connectivity index (χ0v) is 15.7. The van der Waals surface area contributed by atoms with Gasteiger partial charge in [0.1, 0.15) is 0 Å². The van der Waals surface area contributed by atoms with Gasteiger partial charge in [-0.15, -0.1) is 11.3 Å². The topological polar surface area (TPSA) is 60.5 Å². The second kappa shape index (κ2) is 7.55. The zero-order chi connectivity index (χ0) is 19.7. The number of halogens is 2. The van der Waals surface area contributed by atoms with Crippen molar-refractivity contribution in [1.82, 2.24) is 4.98 Å². The zero-order valence-electron chi connectivity index (χ0n) is 14.9. The van der Waals surface area contributed by atoms with Crippen molar-refractivity contribution in [1.29, 1.82) is 0 Å². The maximum atomic E-state index is 13.5. The molecular weight excluding hydrogens is 386 g/mol. The fourth-order valence-corrected chi connectivity index (χ4v) is 3.75.